The Morgan fingerprint density at radius 1 is 1.19 bits per heavy atom. The third-order valence-electron chi connectivity index (χ3n) is 4.77. The highest BCUT2D eigenvalue weighted by molar-refractivity contribution is 5.58. The van der Waals surface area contributed by atoms with E-state index in [4.69, 9.17) is 0 Å². The van der Waals surface area contributed by atoms with Gasteiger partial charge in [-0.25, -0.2) is 0 Å². The van der Waals surface area contributed by atoms with E-state index >= 15 is 0 Å². The molecule has 0 aliphatic carbocycles. The molecule has 2 aliphatic heterocycles. The van der Waals surface area contributed by atoms with Gasteiger partial charge in [-0.3, -0.25) is 4.98 Å². The van der Waals surface area contributed by atoms with E-state index < -0.39 is 0 Å². The Morgan fingerprint density at radius 2 is 2.10 bits per heavy atom. The normalized spacial score (nSPS) is 21.2. The molecule has 3 heteroatoms. The largest absolute Gasteiger partial charge is 0.360 e. The summed E-state index contributed by atoms with van der Waals surface area (Å²) >= 11 is 0. The molecule has 3 heterocycles. The van der Waals surface area contributed by atoms with Gasteiger partial charge in [0.15, 0.2) is 0 Å². The van der Waals surface area contributed by atoms with Gasteiger partial charge >= 0.3 is 0 Å². The van der Waals surface area contributed by atoms with Crippen LogP contribution in [0.15, 0.2) is 36.5 Å². The van der Waals surface area contributed by atoms with Crippen LogP contribution in [0.4, 0.5) is 5.69 Å². The number of likely N-dealkylation sites (N-methyl/N-ethyl adjacent to an activating group) is 1. The fourth-order valence-electron chi connectivity index (χ4n) is 3.69. The zero-order valence-electron chi connectivity index (χ0n) is 12.7. The molecule has 21 heavy (non-hydrogen) atoms. The quantitative estimate of drug-likeness (QED) is 0.739. The van der Waals surface area contributed by atoms with E-state index in [9.17, 15) is 0 Å². The number of piperazine rings is 1. The van der Waals surface area contributed by atoms with Gasteiger partial charge in [0.2, 0.25) is 0 Å². The van der Waals surface area contributed by atoms with Crippen molar-refractivity contribution in [1.82, 2.24) is 9.88 Å². The number of fused-ring (bicyclic) bond motifs is 5. The summed E-state index contributed by atoms with van der Waals surface area (Å²) in [6, 6.07) is 11.7. The van der Waals surface area contributed by atoms with Gasteiger partial charge in [-0.05, 0) is 37.2 Å². The molecule has 2 aromatic rings. The lowest BCUT2D eigenvalue weighted by Crippen LogP contribution is -2.47. The van der Waals surface area contributed by atoms with Gasteiger partial charge in [0.1, 0.15) is 0 Å². The maximum absolute atomic E-state index is 4.66. The molecule has 108 valence electrons. The van der Waals surface area contributed by atoms with Gasteiger partial charge < -0.3 is 9.80 Å². The van der Waals surface area contributed by atoms with Gasteiger partial charge in [0, 0.05) is 32.3 Å². The van der Waals surface area contributed by atoms with Gasteiger partial charge in [-0.2, -0.15) is 0 Å². The molecule has 0 radical (unpaired) electrons. The number of pyridine rings is 1. The Balaban J connectivity index is 1.91. The zero-order chi connectivity index (χ0) is 14.4. The molecule has 0 spiro atoms. The Bertz CT molecular complexity index is 680. The van der Waals surface area contributed by atoms with Gasteiger partial charge in [0.25, 0.3) is 0 Å². The van der Waals surface area contributed by atoms with Crippen LogP contribution >= 0.6 is 0 Å². The van der Waals surface area contributed by atoms with Crippen molar-refractivity contribution in [2.24, 2.45) is 0 Å². The van der Waals surface area contributed by atoms with Gasteiger partial charge in [-0.15, -0.1) is 0 Å². The van der Waals surface area contributed by atoms with Crippen molar-refractivity contribution >= 4 is 5.69 Å². The standard InChI is InChI=1S/C18H21N3/c1-13-5-6-15-14(10-13)11-16-17(4-3-7-19-16)21-9-8-20(2)12-18(15)21/h3-7,10,18H,8-9,11-12H2,1-2H3. The second kappa shape index (κ2) is 4.85. The van der Waals surface area contributed by atoms with Gasteiger partial charge in [-0.1, -0.05) is 23.8 Å². The fraction of sp³-hybridized carbons (Fsp3) is 0.389. The molecular weight excluding hydrogens is 258 g/mol. The lowest BCUT2D eigenvalue weighted by Gasteiger charge is -2.41. The third kappa shape index (κ3) is 2.12. The molecule has 0 saturated carbocycles. The highest BCUT2D eigenvalue weighted by Gasteiger charge is 2.32. The molecule has 3 nitrogen and oxygen atoms in total. The monoisotopic (exact) mass is 279 g/mol. The number of aromatic nitrogens is 1. The van der Waals surface area contributed by atoms with Gasteiger partial charge in [0.05, 0.1) is 17.4 Å². The number of aryl methyl sites for hydroxylation is 1. The third-order valence-corrected chi connectivity index (χ3v) is 4.77. The molecule has 2 aliphatic rings. The molecular formula is C18H21N3. The van der Waals surface area contributed by atoms with Crippen molar-refractivity contribution < 1.29 is 0 Å². The summed E-state index contributed by atoms with van der Waals surface area (Å²) in [5.74, 6) is 0. The predicted molar refractivity (Wildman–Crippen MR) is 85.8 cm³/mol. The second-order valence-electron chi connectivity index (χ2n) is 6.32. The highest BCUT2D eigenvalue weighted by Crippen LogP contribution is 2.38. The Hall–Kier alpha value is -1.87. The lowest BCUT2D eigenvalue weighted by atomic mass is 9.95. The van der Waals surface area contributed by atoms with Crippen LogP contribution in [-0.2, 0) is 6.42 Å². The van der Waals surface area contributed by atoms with E-state index in [1.807, 2.05) is 6.20 Å². The molecule has 0 bridgehead atoms. The minimum Gasteiger partial charge on any atom is -0.360 e. The summed E-state index contributed by atoms with van der Waals surface area (Å²) in [5, 5.41) is 0. The van der Waals surface area contributed by atoms with Crippen LogP contribution in [0, 0.1) is 6.92 Å². The molecule has 0 amide bonds. The topological polar surface area (TPSA) is 19.4 Å². The second-order valence-corrected chi connectivity index (χ2v) is 6.32. The molecule has 1 aromatic heterocycles. The van der Waals surface area contributed by atoms with Crippen LogP contribution in [0.5, 0.6) is 0 Å². The SMILES string of the molecule is Cc1ccc2c(c1)Cc1ncccc1N1CCN(C)CC21. The summed E-state index contributed by atoms with van der Waals surface area (Å²) in [6.45, 7) is 5.46. The maximum Gasteiger partial charge on any atom is 0.0680 e. The number of rotatable bonds is 0. The number of nitrogens with zero attached hydrogens (tertiary/aromatic N) is 3. The van der Waals surface area contributed by atoms with Crippen LogP contribution < -0.4 is 4.90 Å². The average Bonchev–Trinajstić information content (AvgIpc) is 2.60. The summed E-state index contributed by atoms with van der Waals surface area (Å²) in [7, 11) is 2.22. The van der Waals surface area contributed by atoms with Crippen molar-refractivity contribution in [1.29, 1.82) is 0 Å². The van der Waals surface area contributed by atoms with E-state index in [1.54, 1.807) is 0 Å². The highest BCUT2D eigenvalue weighted by atomic mass is 15.3. The first-order chi connectivity index (χ1) is 10.2. The molecule has 1 aromatic carbocycles. The van der Waals surface area contributed by atoms with E-state index in [0.29, 0.717) is 6.04 Å². The summed E-state index contributed by atoms with van der Waals surface area (Å²) in [6.07, 6.45) is 2.87. The minimum atomic E-state index is 0.449. The molecule has 1 fully saturated rings. The Kier molecular flexibility index (Phi) is 2.96. The summed E-state index contributed by atoms with van der Waals surface area (Å²) in [4.78, 5) is 9.66. The fourth-order valence-corrected chi connectivity index (χ4v) is 3.69. The molecule has 0 N–H and O–H groups in total. The zero-order valence-corrected chi connectivity index (χ0v) is 12.7. The van der Waals surface area contributed by atoms with E-state index in [-0.39, 0.29) is 0 Å². The number of hydrogen-bond donors (Lipinski definition) is 0. The first kappa shape index (κ1) is 12.8. The Morgan fingerprint density at radius 3 is 3.00 bits per heavy atom. The summed E-state index contributed by atoms with van der Waals surface area (Å²) < 4.78 is 0. The van der Waals surface area contributed by atoms with Crippen LogP contribution in [0.1, 0.15) is 28.4 Å². The van der Waals surface area contributed by atoms with E-state index in [1.165, 1.54) is 28.1 Å². The molecule has 1 saturated heterocycles. The van der Waals surface area contributed by atoms with Crippen molar-refractivity contribution in [2.45, 2.75) is 19.4 Å². The van der Waals surface area contributed by atoms with E-state index in [2.05, 4.69) is 59.1 Å². The first-order valence-corrected chi connectivity index (χ1v) is 7.71. The van der Waals surface area contributed by atoms with Crippen LogP contribution in [0.25, 0.3) is 0 Å². The molecule has 1 atom stereocenters. The average molecular weight is 279 g/mol. The van der Waals surface area contributed by atoms with Crippen molar-refractivity contribution in [3.8, 4) is 0 Å². The summed E-state index contributed by atoms with van der Waals surface area (Å²) in [5.41, 5.74) is 6.80. The van der Waals surface area contributed by atoms with Crippen molar-refractivity contribution in [3.63, 3.8) is 0 Å². The van der Waals surface area contributed by atoms with Crippen LogP contribution in [0.2, 0.25) is 0 Å². The van der Waals surface area contributed by atoms with Crippen molar-refractivity contribution in [2.75, 3.05) is 31.6 Å². The predicted octanol–water partition coefficient (Wildman–Crippen LogP) is 2.79. The molecule has 1 unspecified atom stereocenters. The smallest absolute Gasteiger partial charge is 0.0680 e. The van der Waals surface area contributed by atoms with Crippen LogP contribution in [0.3, 0.4) is 0 Å². The number of anilines is 1. The number of hydrogen-bond acceptors (Lipinski definition) is 3. The van der Waals surface area contributed by atoms with Crippen molar-refractivity contribution in [3.05, 3.63) is 58.9 Å². The molecule has 4 rings (SSSR count). The first-order valence-electron chi connectivity index (χ1n) is 7.71. The maximum atomic E-state index is 4.66. The van der Waals surface area contributed by atoms with Crippen LogP contribution in [-0.4, -0.2) is 36.6 Å². The Labute approximate surface area is 126 Å². The minimum absolute atomic E-state index is 0.449. The number of benzene rings is 1. The van der Waals surface area contributed by atoms with E-state index in [0.717, 1.165) is 26.1 Å². The lowest BCUT2D eigenvalue weighted by molar-refractivity contribution is 0.269.